The van der Waals surface area contributed by atoms with Crippen molar-refractivity contribution >= 4 is 23.6 Å². The molecule has 9 heteroatoms. The number of imide groups is 1. The molecule has 1 atom stereocenters. The third-order valence-corrected chi connectivity index (χ3v) is 7.48. The molecular formula is C31H31N3O6. The molecule has 0 radical (unpaired) electrons. The third-order valence-electron chi connectivity index (χ3n) is 7.48. The van der Waals surface area contributed by atoms with Gasteiger partial charge < -0.3 is 19.7 Å². The number of carbonyl (C=O) groups is 4. The number of piperidine rings is 1. The molecule has 1 fully saturated rings. The lowest BCUT2D eigenvalue weighted by molar-refractivity contribution is -0.136. The largest absolute Gasteiger partial charge is 0.493 e. The first-order valence-corrected chi connectivity index (χ1v) is 13.2. The van der Waals surface area contributed by atoms with Gasteiger partial charge in [0.15, 0.2) is 11.5 Å². The van der Waals surface area contributed by atoms with Crippen LogP contribution in [0.4, 0.5) is 0 Å². The van der Waals surface area contributed by atoms with E-state index in [0.29, 0.717) is 54.1 Å². The molecule has 206 valence electrons. The Bertz CT molecular complexity index is 1400. The Morgan fingerprint density at radius 2 is 1.45 bits per heavy atom. The van der Waals surface area contributed by atoms with Crippen molar-refractivity contribution in [2.75, 3.05) is 27.3 Å². The second-order valence-corrected chi connectivity index (χ2v) is 9.87. The molecule has 2 aliphatic heterocycles. The molecule has 0 saturated carbocycles. The van der Waals surface area contributed by atoms with Gasteiger partial charge in [-0.1, -0.05) is 42.5 Å². The highest BCUT2D eigenvalue weighted by molar-refractivity contribution is 6.22. The highest BCUT2D eigenvalue weighted by Crippen LogP contribution is 2.29. The summed E-state index contributed by atoms with van der Waals surface area (Å²) in [5, 5.41) is 3.04. The minimum Gasteiger partial charge on any atom is -0.493 e. The quantitative estimate of drug-likeness (QED) is 0.439. The Morgan fingerprint density at radius 3 is 2.05 bits per heavy atom. The molecule has 1 N–H and O–H groups in total. The third kappa shape index (κ3) is 5.27. The van der Waals surface area contributed by atoms with Gasteiger partial charge >= 0.3 is 0 Å². The van der Waals surface area contributed by atoms with Gasteiger partial charge in [-0.05, 0) is 48.7 Å². The van der Waals surface area contributed by atoms with E-state index in [1.807, 2.05) is 30.3 Å². The van der Waals surface area contributed by atoms with Crippen molar-refractivity contribution in [3.05, 3.63) is 95.1 Å². The van der Waals surface area contributed by atoms with Crippen LogP contribution >= 0.6 is 0 Å². The van der Waals surface area contributed by atoms with Crippen molar-refractivity contribution in [1.82, 2.24) is 15.1 Å². The fraction of sp³-hybridized carbons (Fsp3) is 0.290. The maximum Gasteiger partial charge on any atom is 0.262 e. The topological polar surface area (TPSA) is 105 Å². The molecule has 0 spiro atoms. The lowest BCUT2D eigenvalue weighted by Gasteiger charge is -2.36. The highest BCUT2D eigenvalue weighted by Gasteiger charge is 2.44. The molecular weight excluding hydrogens is 510 g/mol. The lowest BCUT2D eigenvalue weighted by atomic mass is 9.99. The molecule has 0 bridgehead atoms. The van der Waals surface area contributed by atoms with E-state index in [2.05, 4.69) is 5.32 Å². The summed E-state index contributed by atoms with van der Waals surface area (Å²) in [7, 11) is 3.05. The number of benzene rings is 3. The fourth-order valence-corrected chi connectivity index (χ4v) is 5.32. The summed E-state index contributed by atoms with van der Waals surface area (Å²) in [6.07, 6.45) is 1.32. The van der Waals surface area contributed by atoms with Gasteiger partial charge in [0.05, 0.1) is 25.3 Å². The lowest BCUT2D eigenvalue weighted by Crippen LogP contribution is -2.55. The van der Waals surface area contributed by atoms with E-state index >= 15 is 0 Å². The smallest absolute Gasteiger partial charge is 0.262 e. The Morgan fingerprint density at radius 1 is 0.850 bits per heavy atom. The Kier molecular flexibility index (Phi) is 7.82. The van der Waals surface area contributed by atoms with Crippen LogP contribution in [-0.4, -0.2) is 72.8 Å². The van der Waals surface area contributed by atoms with Gasteiger partial charge in [0.25, 0.3) is 17.7 Å². The molecule has 0 aromatic heterocycles. The van der Waals surface area contributed by atoms with Crippen LogP contribution in [0.3, 0.4) is 0 Å². The van der Waals surface area contributed by atoms with Gasteiger partial charge in [0.1, 0.15) is 6.04 Å². The van der Waals surface area contributed by atoms with E-state index in [4.69, 9.17) is 9.47 Å². The monoisotopic (exact) mass is 541 g/mol. The van der Waals surface area contributed by atoms with Gasteiger partial charge in [-0.3, -0.25) is 24.1 Å². The van der Waals surface area contributed by atoms with Crippen LogP contribution in [0.2, 0.25) is 0 Å². The van der Waals surface area contributed by atoms with Crippen LogP contribution in [0.5, 0.6) is 11.5 Å². The summed E-state index contributed by atoms with van der Waals surface area (Å²) >= 11 is 0. The zero-order chi connectivity index (χ0) is 28.2. The van der Waals surface area contributed by atoms with Crippen molar-refractivity contribution in [3.63, 3.8) is 0 Å². The van der Waals surface area contributed by atoms with Gasteiger partial charge in [-0.15, -0.1) is 0 Å². The Labute approximate surface area is 232 Å². The Balaban J connectivity index is 1.28. The number of nitrogens with one attached hydrogen (secondary N) is 1. The van der Waals surface area contributed by atoms with E-state index in [1.54, 1.807) is 47.4 Å². The number of rotatable bonds is 8. The van der Waals surface area contributed by atoms with Crippen molar-refractivity contribution < 1.29 is 28.7 Å². The predicted molar refractivity (Wildman–Crippen MR) is 147 cm³/mol. The van der Waals surface area contributed by atoms with Crippen molar-refractivity contribution in [2.24, 2.45) is 0 Å². The first kappa shape index (κ1) is 26.9. The molecule has 0 aliphatic carbocycles. The summed E-state index contributed by atoms with van der Waals surface area (Å²) in [5.41, 5.74) is 1.93. The van der Waals surface area contributed by atoms with Crippen LogP contribution in [0.25, 0.3) is 0 Å². The number of methoxy groups -OCH3 is 2. The number of amides is 4. The zero-order valence-corrected chi connectivity index (χ0v) is 22.5. The molecule has 3 aromatic rings. The number of likely N-dealkylation sites (tertiary alicyclic amines) is 1. The normalized spacial score (nSPS) is 15.9. The number of fused-ring (bicyclic) bond motifs is 1. The summed E-state index contributed by atoms with van der Waals surface area (Å²) < 4.78 is 10.5. The number of carbonyl (C=O) groups excluding carboxylic acids is 4. The van der Waals surface area contributed by atoms with E-state index in [1.165, 1.54) is 14.2 Å². The SMILES string of the molecule is COc1ccc(C(=O)NC2CCN(C(=O)C(Cc3ccccc3)N3C(=O)c4ccccc4C3=O)CC2)cc1OC. The number of hydrogen-bond acceptors (Lipinski definition) is 6. The van der Waals surface area contributed by atoms with Gasteiger partial charge in [-0.2, -0.15) is 0 Å². The van der Waals surface area contributed by atoms with Crippen molar-refractivity contribution in [2.45, 2.75) is 31.3 Å². The maximum atomic E-state index is 13.9. The first-order chi connectivity index (χ1) is 19.4. The second kappa shape index (κ2) is 11.6. The van der Waals surface area contributed by atoms with Crippen LogP contribution in [-0.2, 0) is 11.2 Å². The van der Waals surface area contributed by atoms with Crippen molar-refractivity contribution in [1.29, 1.82) is 0 Å². The molecule has 2 aliphatic rings. The summed E-state index contributed by atoms with van der Waals surface area (Å²) in [5.74, 6) is -0.414. The molecule has 9 nitrogen and oxygen atoms in total. The first-order valence-electron chi connectivity index (χ1n) is 13.2. The average Bonchev–Trinajstić information content (AvgIpc) is 3.25. The summed E-state index contributed by atoms with van der Waals surface area (Å²) in [4.78, 5) is 56.2. The van der Waals surface area contributed by atoms with Crippen molar-refractivity contribution in [3.8, 4) is 11.5 Å². The summed E-state index contributed by atoms with van der Waals surface area (Å²) in [6.45, 7) is 0.786. The Hall–Kier alpha value is -4.66. The standard InChI is InChI=1S/C31H31N3O6/c1-39-26-13-12-21(19-27(26)40-2)28(35)32-22-14-16-33(17-15-22)31(38)25(18-20-8-4-3-5-9-20)34-29(36)23-10-6-7-11-24(23)30(34)37/h3-13,19,22,25H,14-18H2,1-2H3,(H,32,35). The molecule has 4 amide bonds. The van der Waals surface area contributed by atoms with Gasteiger partial charge in [0.2, 0.25) is 5.91 Å². The van der Waals surface area contributed by atoms with Crippen LogP contribution < -0.4 is 14.8 Å². The fourth-order valence-electron chi connectivity index (χ4n) is 5.32. The van der Waals surface area contributed by atoms with E-state index in [0.717, 1.165) is 10.5 Å². The molecule has 5 rings (SSSR count). The summed E-state index contributed by atoms with van der Waals surface area (Å²) in [6, 6.07) is 19.9. The van der Waals surface area contributed by atoms with Gasteiger partial charge in [-0.25, -0.2) is 0 Å². The average molecular weight is 542 g/mol. The van der Waals surface area contributed by atoms with E-state index < -0.39 is 17.9 Å². The van der Waals surface area contributed by atoms with Crippen LogP contribution in [0.15, 0.2) is 72.8 Å². The molecule has 3 aromatic carbocycles. The molecule has 2 heterocycles. The number of nitrogens with zero attached hydrogens (tertiary/aromatic N) is 2. The number of ether oxygens (including phenoxy) is 2. The maximum absolute atomic E-state index is 13.9. The molecule has 1 unspecified atom stereocenters. The molecule has 1 saturated heterocycles. The van der Waals surface area contributed by atoms with Crippen LogP contribution in [0, 0.1) is 0 Å². The van der Waals surface area contributed by atoms with E-state index in [-0.39, 0.29) is 24.3 Å². The zero-order valence-electron chi connectivity index (χ0n) is 22.5. The molecule has 40 heavy (non-hydrogen) atoms. The highest BCUT2D eigenvalue weighted by atomic mass is 16.5. The minimum absolute atomic E-state index is 0.128. The minimum atomic E-state index is -0.965. The van der Waals surface area contributed by atoms with Crippen LogP contribution in [0.1, 0.15) is 49.5 Å². The number of hydrogen-bond donors (Lipinski definition) is 1. The van der Waals surface area contributed by atoms with Gasteiger partial charge in [0, 0.05) is 31.1 Å². The van der Waals surface area contributed by atoms with E-state index in [9.17, 15) is 19.2 Å². The second-order valence-electron chi connectivity index (χ2n) is 9.87. The predicted octanol–water partition coefficient (Wildman–Crippen LogP) is 3.33.